The van der Waals surface area contributed by atoms with E-state index in [0.717, 1.165) is 42.0 Å². The molecule has 0 spiro atoms. The Morgan fingerprint density at radius 3 is 2.58 bits per heavy atom. The second kappa shape index (κ2) is 5.96. The van der Waals surface area contributed by atoms with E-state index in [2.05, 4.69) is 15.0 Å². The summed E-state index contributed by atoms with van der Waals surface area (Å²) in [5, 5.41) is 4.35. The van der Waals surface area contributed by atoms with Gasteiger partial charge in [-0.1, -0.05) is 12.1 Å². The van der Waals surface area contributed by atoms with Gasteiger partial charge in [-0.3, -0.25) is 0 Å². The minimum atomic E-state index is -3.24. The Labute approximate surface area is 151 Å². The molecule has 4 rings (SSSR count). The highest BCUT2D eigenvalue weighted by Gasteiger charge is 2.25. The van der Waals surface area contributed by atoms with Crippen molar-refractivity contribution >= 4 is 26.9 Å². The molecule has 4 N–H and O–H groups in total. The maximum atomic E-state index is 11.7. The van der Waals surface area contributed by atoms with Crippen molar-refractivity contribution in [2.24, 2.45) is 5.73 Å². The number of hydrogen-bond acceptors (Lipinski definition) is 7. The van der Waals surface area contributed by atoms with E-state index < -0.39 is 9.84 Å². The van der Waals surface area contributed by atoms with Gasteiger partial charge in [0.15, 0.2) is 15.7 Å². The van der Waals surface area contributed by atoms with E-state index in [9.17, 15) is 8.42 Å². The van der Waals surface area contributed by atoms with Crippen LogP contribution in [0.15, 0.2) is 41.6 Å². The topological polar surface area (TPSA) is 120 Å². The molecule has 26 heavy (non-hydrogen) atoms. The zero-order valence-corrected chi connectivity index (χ0v) is 15.1. The van der Waals surface area contributed by atoms with Crippen LogP contribution in [0.1, 0.15) is 6.42 Å². The van der Waals surface area contributed by atoms with Gasteiger partial charge in [-0.25, -0.2) is 17.9 Å². The first-order valence-electron chi connectivity index (χ1n) is 8.28. The van der Waals surface area contributed by atoms with Gasteiger partial charge in [-0.05, 0) is 24.6 Å². The van der Waals surface area contributed by atoms with Crippen LogP contribution in [0.2, 0.25) is 0 Å². The van der Waals surface area contributed by atoms with Crippen molar-refractivity contribution in [1.29, 1.82) is 0 Å². The van der Waals surface area contributed by atoms with Crippen LogP contribution in [0.5, 0.6) is 0 Å². The third-order valence-corrected chi connectivity index (χ3v) is 5.83. The molecule has 9 heteroatoms. The fraction of sp³-hybridized carbons (Fsp3) is 0.294. The van der Waals surface area contributed by atoms with Crippen molar-refractivity contribution in [3.63, 3.8) is 0 Å². The first-order chi connectivity index (χ1) is 12.3. The lowest BCUT2D eigenvalue weighted by molar-refractivity contribution is 0.602. The number of fused-ring (bicyclic) bond motifs is 1. The summed E-state index contributed by atoms with van der Waals surface area (Å²) < 4.78 is 25.1. The zero-order chi connectivity index (χ0) is 18.5. The Kier molecular flexibility index (Phi) is 3.85. The first kappa shape index (κ1) is 16.8. The van der Waals surface area contributed by atoms with E-state index in [1.54, 1.807) is 28.8 Å². The van der Waals surface area contributed by atoms with Gasteiger partial charge < -0.3 is 16.4 Å². The van der Waals surface area contributed by atoms with Gasteiger partial charge in [0.1, 0.15) is 11.8 Å². The quantitative estimate of drug-likeness (QED) is 0.701. The van der Waals surface area contributed by atoms with Crippen LogP contribution in [0.3, 0.4) is 0 Å². The molecule has 0 bridgehead atoms. The standard InChI is InChI=1S/C17H20N6O2S/c1-26(24,25)13-4-2-11(3-5-13)14-8-15(22-7-6-12(18)9-22)16-17(19)20-10-21-23(14)16/h2-5,8,10,12H,6-7,9,18H2,1H3,(H2,19,20,21)/t12-/m1/s1. The van der Waals surface area contributed by atoms with Gasteiger partial charge in [-0.2, -0.15) is 5.10 Å². The second-order valence-electron chi connectivity index (χ2n) is 6.61. The molecular formula is C17H20N6O2S. The number of anilines is 2. The lowest BCUT2D eigenvalue weighted by atomic mass is 10.1. The maximum Gasteiger partial charge on any atom is 0.175 e. The van der Waals surface area contributed by atoms with Crippen molar-refractivity contribution in [2.75, 3.05) is 30.0 Å². The van der Waals surface area contributed by atoms with Gasteiger partial charge in [0.2, 0.25) is 0 Å². The third kappa shape index (κ3) is 2.78. The molecule has 136 valence electrons. The Morgan fingerprint density at radius 2 is 1.96 bits per heavy atom. The molecule has 1 aliphatic heterocycles. The monoisotopic (exact) mass is 372 g/mol. The number of aromatic nitrogens is 3. The van der Waals surface area contributed by atoms with Crippen LogP contribution in [-0.4, -0.2) is 48.4 Å². The molecule has 0 aliphatic carbocycles. The van der Waals surface area contributed by atoms with Crippen LogP contribution in [0.25, 0.3) is 16.8 Å². The van der Waals surface area contributed by atoms with Gasteiger partial charge in [0, 0.05) is 31.0 Å². The van der Waals surface area contributed by atoms with E-state index in [1.807, 2.05) is 6.07 Å². The normalized spacial score (nSPS) is 17.9. The molecule has 1 aromatic carbocycles. The molecule has 1 atom stereocenters. The molecule has 1 fully saturated rings. The van der Waals surface area contributed by atoms with Gasteiger partial charge >= 0.3 is 0 Å². The van der Waals surface area contributed by atoms with E-state index in [0.29, 0.717) is 5.82 Å². The SMILES string of the molecule is CS(=O)(=O)c1ccc(-c2cc(N3CC[C@@H](N)C3)c3c(N)ncnn23)cc1. The average molecular weight is 372 g/mol. The molecule has 0 saturated carbocycles. The van der Waals surface area contributed by atoms with E-state index in [-0.39, 0.29) is 10.9 Å². The first-order valence-corrected chi connectivity index (χ1v) is 10.2. The fourth-order valence-corrected chi connectivity index (χ4v) is 4.00. The summed E-state index contributed by atoms with van der Waals surface area (Å²) in [6.45, 7) is 1.60. The van der Waals surface area contributed by atoms with E-state index >= 15 is 0 Å². The summed E-state index contributed by atoms with van der Waals surface area (Å²) in [6.07, 6.45) is 3.52. The highest BCUT2D eigenvalue weighted by molar-refractivity contribution is 7.90. The van der Waals surface area contributed by atoms with Crippen molar-refractivity contribution in [1.82, 2.24) is 14.6 Å². The Bertz CT molecular complexity index is 1070. The van der Waals surface area contributed by atoms with Crippen LogP contribution in [-0.2, 0) is 9.84 Å². The molecule has 2 aromatic heterocycles. The summed E-state index contributed by atoms with van der Waals surface area (Å²) in [4.78, 5) is 6.59. The third-order valence-electron chi connectivity index (χ3n) is 4.71. The molecule has 1 aliphatic rings. The van der Waals surface area contributed by atoms with Crippen molar-refractivity contribution in [3.05, 3.63) is 36.7 Å². The molecular weight excluding hydrogens is 352 g/mol. The lowest BCUT2D eigenvalue weighted by Crippen LogP contribution is -2.26. The molecule has 0 unspecified atom stereocenters. The van der Waals surface area contributed by atoms with Crippen LogP contribution in [0.4, 0.5) is 11.5 Å². The fourth-order valence-electron chi connectivity index (χ4n) is 3.37. The number of nitrogens with zero attached hydrogens (tertiary/aromatic N) is 4. The summed E-state index contributed by atoms with van der Waals surface area (Å²) in [7, 11) is -3.24. The molecule has 3 heterocycles. The van der Waals surface area contributed by atoms with Crippen molar-refractivity contribution < 1.29 is 8.42 Å². The summed E-state index contributed by atoms with van der Waals surface area (Å²) in [5.41, 5.74) is 15.5. The predicted molar refractivity (Wildman–Crippen MR) is 101 cm³/mol. The highest BCUT2D eigenvalue weighted by Crippen LogP contribution is 2.35. The smallest absolute Gasteiger partial charge is 0.175 e. The van der Waals surface area contributed by atoms with Gasteiger partial charge in [-0.15, -0.1) is 0 Å². The van der Waals surface area contributed by atoms with Gasteiger partial charge in [0.05, 0.1) is 16.3 Å². The van der Waals surface area contributed by atoms with Crippen molar-refractivity contribution in [3.8, 4) is 11.3 Å². The highest BCUT2D eigenvalue weighted by atomic mass is 32.2. The van der Waals surface area contributed by atoms with E-state index in [1.165, 1.54) is 12.6 Å². The lowest BCUT2D eigenvalue weighted by Gasteiger charge is -2.16. The number of hydrogen-bond donors (Lipinski definition) is 2. The molecule has 8 nitrogen and oxygen atoms in total. The summed E-state index contributed by atoms with van der Waals surface area (Å²) in [5.74, 6) is 0.398. The summed E-state index contributed by atoms with van der Waals surface area (Å²) in [6, 6.07) is 8.88. The van der Waals surface area contributed by atoms with E-state index in [4.69, 9.17) is 11.5 Å². The van der Waals surface area contributed by atoms with Gasteiger partial charge in [0.25, 0.3) is 0 Å². The second-order valence-corrected chi connectivity index (χ2v) is 8.63. The minimum absolute atomic E-state index is 0.133. The van der Waals surface area contributed by atoms with Crippen LogP contribution >= 0.6 is 0 Å². The van der Waals surface area contributed by atoms with Crippen LogP contribution in [0, 0.1) is 0 Å². The Hall–Kier alpha value is -2.65. The largest absolute Gasteiger partial charge is 0.382 e. The molecule has 1 saturated heterocycles. The maximum absolute atomic E-state index is 11.7. The summed E-state index contributed by atoms with van der Waals surface area (Å²) >= 11 is 0. The number of nitrogens with two attached hydrogens (primary N) is 2. The molecule has 0 amide bonds. The zero-order valence-electron chi connectivity index (χ0n) is 14.3. The predicted octanol–water partition coefficient (Wildman–Crippen LogP) is 0.919. The Balaban J connectivity index is 1.87. The van der Waals surface area contributed by atoms with Crippen molar-refractivity contribution in [2.45, 2.75) is 17.4 Å². The minimum Gasteiger partial charge on any atom is -0.382 e. The number of nitrogen functional groups attached to an aromatic ring is 1. The molecule has 3 aromatic rings. The molecule has 0 radical (unpaired) electrons. The number of sulfone groups is 1. The number of benzene rings is 1. The average Bonchev–Trinajstić information content (AvgIpc) is 3.19. The van der Waals surface area contributed by atoms with Crippen LogP contribution < -0.4 is 16.4 Å². The number of rotatable bonds is 3. The Morgan fingerprint density at radius 1 is 1.23 bits per heavy atom.